The molecule has 0 radical (unpaired) electrons. The normalized spacial score (nSPS) is 19.7. The van der Waals surface area contributed by atoms with Crippen molar-refractivity contribution in [2.75, 3.05) is 37.7 Å². The number of aromatic amines is 1. The second-order valence-electron chi connectivity index (χ2n) is 7.02. The summed E-state index contributed by atoms with van der Waals surface area (Å²) in [6, 6.07) is 3.81. The number of anilines is 1. The number of piperidine rings is 1. The molecule has 0 unspecified atom stereocenters. The maximum atomic E-state index is 12.6. The quantitative estimate of drug-likeness (QED) is 0.726. The zero-order valence-corrected chi connectivity index (χ0v) is 15.6. The molecule has 2 saturated heterocycles. The van der Waals surface area contributed by atoms with Gasteiger partial charge in [-0.1, -0.05) is 6.07 Å². The highest BCUT2D eigenvalue weighted by atomic mass is 32.1. The van der Waals surface area contributed by atoms with E-state index in [0.29, 0.717) is 25.3 Å². The van der Waals surface area contributed by atoms with Crippen molar-refractivity contribution in [2.24, 2.45) is 0 Å². The number of hydrogen-bond acceptors (Lipinski definition) is 7. The second kappa shape index (κ2) is 6.58. The lowest BCUT2D eigenvalue weighted by atomic mass is 9.89. The van der Waals surface area contributed by atoms with Crippen LogP contribution in [0.2, 0.25) is 0 Å². The Kier molecular flexibility index (Phi) is 4.05. The van der Waals surface area contributed by atoms with Gasteiger partial charge in [0.05, 0.1) is 23.4 Å². The Morgan fingerprint density at radius 2 is 2.11 bits per heavy atom. The summed E-state index contributed by atoms with van der Waals surface area (Å²) < 4.78 is 6.22. The third kappa shape index (κ3) is 2.96. The molecule has 3 aromatic rings. The van der Waals surface area contributed by atoms with Crippen LogP contribution >= 0.6 is 11.3 Å². The van der Waals surface area contributed by atoms with E-state index in [2.05, 4.69) is 24.8 Å². The molecule has 2 aliphatic rings. The Morgan fingerprint density at radius 3 is 2.93 bits per heavy atom. The van der Waals surface area contributed by atoms with Gasteiger partial charge >= 0.3 is 0 Å². The molecule has 0 aromatic carbocycles. The summed E-state index contributed by atoms with van der Waals surface area (Å²) in [6.45, 7) is 3.63. The van der Waals surface area contributed by atoms with Crippen LogP contribution in [0.4, 0.5) is 5.82 Å². The Labute approximate surface area is 160 Å². The van der Waals surface area contributed by atoms with Crippen LogP contribution in [0.1, 0.15) is 22.5 Å². The lowest BCUT2D eigenvalue weighted by molar-refractivity contribution is -0.0869. The molecule has 0 bridgehead atoms. The van der Waals surface area contributed by atoms with Crippen LogP contribution in [0.5, 0.6) is 0 Å². The lowest BCUT2D eigenvalue weighted by Crippen LogP contribution is -2.57. The number of carbonyl (C=O) groups excluding carboxylic acids is 1. The molecular formula is C18H20N6O2S. The van der Waals surface area contributed by atoms with Crippen molar-refractivity contribution in [2.45, 2.75) is 18.4 Å². The highest BCUT2D eigenvalue weighted by Crippen LogP contribution is 2.33. The number of nitrogens with zero attached hydrogens (tertiary/aromatic N) is 5. The Morgan fingerprint density at radius 1 is 1.22 bits per heavy atom. The number of aromatic nitrogens is 4. The minimum absolute atomic E-state index is 0.127. The van der Waals surface area contributed by atoms with Gasteiger partial charge in [0.15, 0.2) is 11.5 Å². The zero-order chi connectivity index (χ0) is 18.3. The van der Waals surface area contributed by atoms with E-state index in [0.717, 1.165) is 42.1 Å². The Hall–Kier alpha value is -2.52. The molecule has 2 fully saturated rings. The first-order valence-electron chi connectivity index (χ1n) is 9.10. The topological polar surface area (TPSA) is 87.2 Å². The summed E-state index contributed by atoms with van der Waals surface area (Å²) in [5.74, 6) is 1.000. The van der Waals surface area contributed by atoms with Crippen molar-refractivity contribution in [1.29, 1.82) is 0 Å². The number of likely N-dealkylation sites (tertiary alicyclic amines) is 1. The van der Waals surface area contributed by atoms with Crippen LogP contribution in [-0.2, 0) is 4.74 Å². The van der Waals surface area contributed by atoms with Gasteiger partial charge in [0.2, 0.25) is 0 Å². The first-order chi connectivity index (χ1) is 13.2. The van der Waals surface area contributed by atoms with Crippen LogP contribution in [0.3, 0.4) is 0 Å². The molecule has 9 heteroatoms. The SMILES string of the molecule is O=C(c1cccs1)N1CCC2(CC1)CN(c1ncnc3nc[nH]c13)CCO2. The van der Waals surface area contributed by atoms with Crippen molar-refractivity contribution >= 4 is 34.2 Å². The molecule has 2 aliphatic heterocycles. The fourth-order valence-electron chi connectivity index (χ4n) is 3.99. The number of ether oxygens (including phenoxy) is 1. The Balaban J connectivity index is 1.31. The van der Waals surface area contributed by atoms with E-state index in [1.165, 1.54) is 11.3 Å². The van der Waals surface area contributed by atoms with Crippen molar-refractivity contribution in [3.63, 3.8) is 0 Å². The average molecular weight is 384 g/mol. The van der Waals surface area contributed by atoms with Gasteiger partial charge in [0, 0.05) is 26.2 Å². The highest BCUT2D eigenvalue weighted by Gasteiger charge is 2.41. The third-order valence-electron chi connectivity index (χ3n) is 5.44. The van der Waals surface area contributed by atoms with Crippen LogP contribution in [0, 0.1) is 0 Å². The minimum Gasteiger partial charge on any atom is -0.371 e. The maximum Gasteiger partial charge on any atom is 0.263 e. The molecule has 5 rings (SSSR count). The molecule has 0 aliphatic carbocycles. The van der Waals surface area contributed by atoms with E-state index in [-0.39, 0.29) is 11.5 Å². The van der Waals surface area contributed by atoms with Crippen LogP contribution in [-0.4, -0.2) is 69.1 Å². The third-order valence-corrected chi connectivity index (χ3v) is 6.30. The van der Waals surface area contributed by atoms with E-state index < -0.39 is 0 Å². The minimum atomic E-state index is -0.234. The molecule has 0 atom stereocenters. The maximum absolute atomic E-state index is 12.6. The monoisotopic (exact) mass is 384 g/mol. The van der Waals surface area contributed by atoms with Crippen LogP contribution in [0.15, 0.2) is 30.2 Å². The number of amides is 1. The number of thiophene rings is 1. The first-order valence-corrected chi connectivity index (χ1v) is 9.98. The average Bonchev–Trinajstić information content (AvgIpc) is 3.40. The standard InChI is InChI=1S/C18H20N6O2S/c25-17(13-2-1-9-27-13)23-5-3-18(4-6-23)10-24(7-8-26-18)16-14-15(20-11-19-14)21-12-22-16/h1-2,9,11-12H,3-8,10H2,(H,19,20,21,22). The van der Waals surface area contributed by atoms with Gasteiger partial charge in [-0.05, 0) is 24.3 Å². The van der Waals surface area contributed by atoms with Gasteiger partial charge in [0.25, 0.3) is 5.91 Å². The van der Waals surface area contributed by atoms with E-state index in [1.54, 1.807) is 12.7 Å². The summed E-state index contributed by atoms with van der Waals surface area (Å²) in [6.07, 6.45) is 4.87. The number of H-pyrrole nitrogens is 1. The number of rotatable bonds is 2. The van der Waals surface area contributed by atoms with Crippen molar-refractivity contribution in [1.82, 2.24) is 24.8 Å². The summed E-state index contributed by atoms with van der Waals surface area (Å²) in [5, 5.41) is 1.94. The van der Waals surface area contributed by atoms with Crippen molar-refractivity contribution in [3.8, 4) is 0 Å². The number of nitrogens with one attached hydrogen (secondary N) is 1. The van der Waals surface area contributed by atoms with Gasteiger partial charge in [-0.15, -0.1) is 11.3 Å². The van der Waals surface area contributed by atoms with Gasteiger partial charge in [-0.3, -0.25) is 4.79 Å². The molecule has 0 saturated carbocycles. The number of carbonyl (C=O) groups is 1. The van der Waals surface area contributed by atoms with Gasteiger partial charge < -0.3 is 19.5 Å². The molecule has 1 N–H and O–H groups in total. The van der Waals surface area contributed by atoms with Gasteiger partial charge in [0.1, 0.15) is 11.8 Å². The fourth-order valence-corrected chi connectivity index (χ4v) is 4.68. The van der Waals surface area contributed by atoms with Crippen molar-refractivity contribution in [3.05, 3.63) is 35.0 Å². The Bertz CT molecular complexity index is 948. The number of hydrogen-bond donors (Lipinski definition) is 1. The molecule has 8 nitrogen and oxygen atoms in total. The molecule has 140 valence electrons. The van der Waals surface area contributed by atoms with Gasteiger partial charge in [-0.2, -0.15) is 0 Å². The predicted molar refractivity (Wildman–Crippen MR) is 102 cm³/mol. The number of morpholine rings is 1. The molecule has 1 amide bonds. The summed E-state index contributed by atoms with van der Waals surface area (Å²) in [4.78, 5) is 33.6. The fraction of sp³-hybridized carbons (Fsp3) is 0.444. The lowest BCUT2D eigenvalue weighted by Gasteiger charge is -2.47. The molecule has 5 heterocycles. The van der Waals surface area contributed by atoms with Crippen LogP contribution in [0.25, 0.3) is 11.2 Å². The molecule has 27 heavy (non-hydrogen) atoms. The molecular weight excluding hydrogens is 364 g/mol. The first kappa shape index (κ1) is 16.6. The summed E-state index contributed by atoms with van der Waals surface area (Å²) in [5.41, 5.74) is 1.30. The molecule has 3 aromatic heterocycles. The second-order valence-corrected chi connectivity index (χ2v) is 7.97. The highest BCUT2D eigenvalue weighted by molar-refractivity contribution is 7.12. The smallest absolute Gasteiger partial charge is 0.263 e. The van der Waals surface area contributed by atoms with E-state index in [1.807, 2.05) is 22.4 Å². The largest absolute Gasteiger partial charge is 0.371 e. The summed E-state index contributed by atoms with van der Waals surface area (Å²) >= 11 is 1.50. The van der Waals surface area contributed by atoms with Crippen molar-refractivity contribution < 1.29 is 9.53 Å². The zero-order valence-electron chi connectivity index (χ0n) is 14.8. The molecule has 1 spiro atoms. The van der Waals surface area contributed by atoms with E-state index in [4.69, 9.17) is 4.74 Å². The predicted octanol–water partition coefficient (Wildman–Crippen LogP) is 1.93. The summed E-state index contributed by atoms with van der Waals surface area (Å²) in [7, 11) is 0. The number of fused-ring (bicyclic) bond motifs is 1. The number of imidazole rings is 1. The van der Waals surface area contributed by atoms with E-state index in [9.17, 15) is 4.79 Å². The van der Waals surface area contributed by atoms with Gasteiger partial charge in [-0.25, -0.2) is 15.0 Å². The van der Waals surface area contributed by atoms with Crippen LogP contribution < -0.4 is 4.90 Å². The van der Waals surface area contributed by atoms with E-state index >= 15 is 0 Å².